The molecule has 0 radical (unpaired) electrons. The van der Waals surface area contributed by atoms with Crippen LogP contribution in [-0.2, 0) is 23.9 Å². The van der Waals surface area contributed by atoms with E-state index in [2.05, 4.69) is 12.2 Å². The van der Waals surface area contributed by atoms with Crippen molar-refractivity contribution in [3.05, 3.63) is 0 Å². The molecule has 3 aliphatic rings. The minimum atomic E-state index is -0.981. The van der Waals surface area contributed by atoms with Gasteiger partial charge in [0, 0.05) is 19.2 Å². The van der Waals surface area contributed by atoms with Crippen LogP contribution in [0.15, 0.2) is 0 Å². The number of ether oxygens (including phenoxy) is 2. The first-order chi connectivity index (χ1) is 15.8. The van der Waals surface area contributed by atoms with Crippen molar-refractivity contribution in [3.63, 3.8) is 0 Å². The molecule has 6 atom stereocenters. The molecule has 2 N–H and O–H groups in total. The van der Waals surface area contributed by atoms with Crippen molar-refractivity contribution in [2.24, 2.45) is 11.8 Å². The zero-order valence-corrected chi connectivity index (χ0v) is 20.7. The maximum atomic E-state index is 13.8. The second kappa shape index (κ2) is 10.7. The van der Waals surface area contributed by atoms with Gasteiger partial charge in [-0.15, -0.1) is 0 Å². The van der Waals surface area contributed by atoms with E-state index in [9.17, 15) is 14.4 Å². The van der Waals surface area contributed by atoms with Gasteiger partial charge in [0.15, 0.2) is 0 Å². The number of hydrogen-bond acceptors (Lipinski definition) is 6. The lowest BCUT2D eigenvalue weighted by atomic mass is 9.65. The summed E-state index contributed by atoms with van der Waals surface area (Å²) in [6, 6.07) is -0.737. The highest BCUT2D eigenvalue weighted by atomic mass is 16.6. The van der Waals surface area contributed by atoms with Crippen molar-refractivity contribution in [2.45, 2.75) is 109 Å². The van der Waals surface area contributed by atoms with Gasteiger partial charge in [-0.1, -0.05) is 33.1 Å². The minimum absolute atomic E-state index is 0.000881. The molecule has 33 heavy (non-hydrogen) atoms. The molecule has 8 nitrogen and oxygen atoms in total. The van der Waals surface area contributed by atoms with Gasteiger partial charge in [-0.05, 0) is 52.4 Å². The molecule has 3 aliphatic heterocycles. The van der Waals surface area contributed by atoms with Crippen molar-refractivity contribution in [3.8, 4) is 0 Å². The van der Waals surface area contributed by atoms with Gasteiger partial charge < -0.3 is 24.8 Å². The molecule has 1 spiro atoms. The number of carbonyl (C=O) groups is 3. The van der Waals surface area contributed by atoms with Crippen molar-refractivity contribution in [1.82, 2.24) is 10.2 Å². The summed E-state index contributed by atoms with van der Waals surface area (Å²) in [5, 5.41) is 12.1. The molecule has 0 aromatic carbocycles. The van der Waals surface area contributed by atoms with Crippen LogP contribution >= 0.6 is 0 Å². The summed E-state index contributed by atoms with van der Waals surface area (Å²) in [7, 11) is 0. The number of nitrogens with one attached hydrogen (secondary N) is 1. The Morgan fingerprint density at radius 2 is 1.94 bits per heavy atom. The van der Waals surface area contributed by atoms with Crippen LogP contribution in [-0.4, -0.2) is 70.8 Å². The lowest BCUT2D eigenvalue weighted by Crippen LogP contribution is -2.56. The van der Waals surface area contributed by atoms with Crippen molar-refractivity contribution >= 4 is 17.8 Å². The van der Waals surface area contributed by atoms with Crippen LogP contribution in [0.1, 0.15) is 85.5 Å². The molecule has 0 saturated carbocycles. The Morgan fingerprint density at radius 3 is 2.58 bits per heavy atom. The van der Waals surface area contributed by atoms with Crippen LogP contribution in [0.2, 0.25) is 0 Å². The standard InChI is InChI=1S/C25H42N2O6/c1-5-12-17(4)26-21(29)20-25-14-13-24(6-2,33-25)19(23(31)32-7-3)18(25)22(30)27(20)15-10-8-9-11-16-28/h17-20,28H,5-16H2,1-4H3,(H,26,29)/t17?,18-,19-,20?,24+,25?/m0/s1. The summed E-state index contributed by atoms with van der Waals surface area (Å²) in [5.41, 5.74) is -1.72. The molecule has 3 saturated heterocycles. The van der Waals surface area contributed by atoms with Crippen molar-refractivity contribution in [2.75, 3.05) is 19.8 Å². The largest absolute Gasteiger partial charge is 0.466 e. The molecule has 3 unspecified atom stereocenters. The first-order valence-electron chi connectivity index (χ1n) is 12.9. The van der Waals surface area contributed by atoms with E-state index in [0.29, 0.717) is 25.8 Å². The Balaban J connectivity index is 1.92. The van der Waals surface area contributed by atoms with Crippen LogP contribution in [0.3, 0.4) is 0 Å². The van der Waals surface area contributed by atoms with Gasteiger partial charge >= 0.3 is 5.97 Å². The second-order valence-corrected chi connectivity index (χ2v) is 9.95. The first-order valence-corrected chi connectivity index (χ1v) is 12.9. The Morgan fingerprint density at radius 1 is 1.21 bits per heavy atom. The van der Waals surface area contributed by atoms with Gasteiger partial charge in [-0.3, -0.25) is 14.4 Å². The number of aliphatic hydroxyl groups excluding tert-OH is 1. The number of aliphatic hydroxyl groups is 1. The fourth-order valence-electron chi connectivity index (χ4n) is 6.42. The van der Waals surface area contributed by atoms with E-state index in [0.717, 1.165) is 38.5 Å². The molecule has 3 fully saturated rings. The summed E-state index contributed by atoms with van der Waals surface area (Å²) in [6.07, 6.45) is 6.86. The SMILES string of the molecule is CCCC(C)NC(=O)C1N(CCCCCCO)C(=O)[C@@H]2[C@@H](C(=O)OCC)[C@@]3(CC)CCC12O3. The molecule has 0 aliphatic carbocycles. The molecular weight excluding hydrogens is 424 g/mol. The highest BCUT2D eigenvalue weighted by Crippen LogP contribution is 2.64. The van der Waals surface area contributed by atoms with Gasteiger partial charge in [-0.25, -0.2) is 0 Å². The number of unbranched alkanes of at least 4 members (excludes halogenated alkanes) is 3. The predicted octanol–water partition coefficient (Wildman–Crippen LogP) is 2.56. The van der Waals surface area contributed by atoms with Crippen LogP contribution < -0.4 is 5.32 Å². The highest BCUT2D eigenvalue weighted by Gasteiger charge is 2.78. The van der Waals surface area contributed by atoms with Crippen LogP contribution in [0, 0.1) is 11.8 Å². The maximum absolute atomic E-state index is 13.8. The molecular formula is C25H42N2O6. The molecule has 8 heteroatoms. The Bertz CT molecular complexity index is 730. The number of amides is 2. The Kier molecular flexibility index (Phi) is 8.43. The molecule has 0 aromatic rings. The van der Waals surface area contributed by atoms with E-state index in [-0.39, 0.29) is 37.0 Å². The topological polar surface area (TPSA) is 105 Å². The van der Waals surface area contributed by atoms with E-state index < -0.39 is 29.1 Å². The Labute approximate surface area is 197 Å². The van der Waals surface area contributed by atoms with E-state index in [1.807, 2.05) is 13.8 Å². The number of esters is 1. The monoisotopic (exact) mass is 466 g/mol. The van der Waals surface area contributed by atoms with Crippen LogP contribution in [0.5, 0.6) is 0 Å². The molecule has 0 aromatic heterocycles. The Hall–Kier alpha value is -1.67. The number of nitrogens with zero attached hydrogens (tertiary/aromatic N) is 1. The average Bonchev–Trinajstić information content (AvgIpc) is 3.37. The third-order valence-electron chi connectivity index (χ3n) is 7.89. The minimum Gasteiger partial charge on any atom is -0.466 e. The summed E-state index contributed by atoms with van der Waals surface area (Å²) in [6.45, 7) is 8.65. The first kappa shape index (κ1) is 25.9. The highest BCUT2D eigenvalue weighted by molar-refractivity contribution is 5.98. The third kappa shape index (κ3) is 4.53. The predicted molar refractivity (Wildman–Crippen MR) is 123 cm³/mol. The summed E-state index contributed by atoms with van der Waals surface area (Å²) in [4.78, 5) is 42.2. The van der Waals surface area contributed by atoms with E-state index >= 15 is 0 Å². The number of carbonyl (C=O) groups excluding carboxylic acids is 3. The quantitative estimate of drug-likeness (QED) is 0.319. The molecule has 3 rings (SSSR count). The molecule has 3 heterocycles. The van der Waals surface area contributed by atoms with Gasteiger partial charge in [0.25, 0.3) is 0 Å². The maximum Gasteiger partial charge on any atom is 0.312 e. The lowest BCUT2D eigenvalue weighted by Gasteiger charge is -2.34. The molecule has 2 bridgehead atoms. The van der Waals surface area contributed by atoms with Crippen molar-refractivity contribution < 1.29 is 29.0 Å². The zero-order valence-electron chi connectivity index (χ0n) is 20.7. The molecule has 188 valence electrons. The average molecular weight is 467 g/mol. The van der Waals surface area contributed by atoms with Gasteiger partial charge in [0.1, 0.15) is 17.6 Å². The number of likely N-dealkylation sites (tertiary alicyclic amines) is 1. The summed E-state index contributed by atoms with van der Waals surface area (Å²) >= 11 is 0. The van der Waals surface area contributed by atoms with Crippen molar-refractivity contribution in [1.29, 1.82) is 0 Å². The fourth-order valence-corrected chi connectivity index (χ4v) is 6.42. The van der Waals surface area contributed by atoms with Gasteiger partial charge in [0.05, 0.1) is 18.1 Å². The second-order valence-electron chi connectivity index (χ2n) is 9.95. The lowest BCUT2D eigenvalue weighted by molar-refractivity contribution is -0.160. The van der Waals surface area contributed by atoms with E-state index in [1.54, 1.807) is 11.8 Å². The normalized spacial score (nSPS) is 33.3. The van der Waals surface area contributed by atoms with E-state index in [4.69, 9.17) is 14.6 Å². The van der Waals surface area contributed by atoms with Gasteiger partial charge in [0.2, 0.25) is 11.8 Å². The fraction of sp³-hybridized carbons (Fsp3) is 0.880. The van der Waals surface area contributed by atoms with Gasteiger partial charge in [-0.2, -0.15) is 0 Å². The number of fused-ring (bicyclic) bond motifs is 1. The zero-order chi connectivity index (χ0) is 24.2. The van der Waals surface area contributed by atoms with E-state index in [1.165, 1.54) is 0 Å². The van der Waals surface area contributed by atoms with Crippen LogP contribution in [0.4, 0.5) is 0 Å². The summed E-state index contributed by atoms with van der Waals surface area (Å²) < 4.78 is 12.1. The summed E-state index contributed by atoms with van der Waals surface area (Å²) in [5.74, 6) is -2.08. The van der Waals surface area contributed by atoms with Crippen LogP contribution in [0.25, 0.3) is 0 Å². The third-order valence-corrected chi connectivity index (χ3v) is 7.89. The number of rotatable bonds is 13. The smallest absolute Gasteiger partial charge is 0.312 e. The number of hydrogen-bond donors (Lipinski definition) is 2. The molecule has 2 amide bonds.